The molecule has 2 atom stereocenters. The zero-order chi connectivity index (χ0) is 14.7. The van der Waals surface area contributed by atoms with E-state index in [9.17, 15) is 0 Å². The molecule has 1 aromatic rings. The Morgan fingerprint density at radius 3 is 2.25 bits per heavy atom. The molecule has 1 aliphatic rings. The van der Waals surface area contributed by atoms with Gasteiger partial charge in [-0.05, 0) is 43.4 Å². The molecule has 2 heteroatoms. The molecule has 1 N–H and O–H groups in total. The van der Waals surface area contributed by atoms with Crippen molar-refractivity contribution in [3.8, 4) is 0 Å². The Morgan fingerprint density at radius 1 is 1.10 bits per heavy atom. The summed E-state index contributed by atoms with van der Waals surface area (Å²) in [5.74, 6) is 0.663. The van der Waals surface area contributed by atoms with E-state index < -0.39 is 0 Å². The quantitative estimate of drug-likeness (QED) is 0.894. The Labute approximate surface area is 123 Å². The molecule has 0 aromatic heterocycles. The molecule has 0 spiro atoms. The molecule has 2 nitrogen and oxygen atoms in total. The van der Waals surface area contributed by atoms with Gasteiger partial charge in [-0.15, -0.1) is 0 Å². The van der Waals surface area contributed by atoms with Crippen LogP contribution < -0.4 is 5.32 Å². The minimum Gasteiger partial charge on any atom is -0.367 e. The third kappa shape index (κ3) is 3.24. The Hall–Kier alpha value is -0.860. The predicted molar refractivity (Wildman–Crippen MR) is 85.2 cm³/mol. The Bertz CT molecular complexity index is 428. The fraction of sp³-hybridized carbons (Fsp3) is 0.667. The average molecular weight is 275 g/mol. The molecule has 112 valence electrons. The highest BCUT2D eigenvalue weighted by molar-refractivity contribution is 5.39. The highest BCUT2D eigenvalue weighted by atomic mass is 16.5. The number of rotatable bonds is 4. The van der Waals surface area contributed by atoms with E-state index in [1.807, 2.05) is 0 Å². The number of morpholine rings is 1. The molecule has 1 heterocycles. The van der Waals surface area contributed by atoms with Crippen molar-refractivity contribution in [3.05, 3.63) is 34.4 Å². The van der Waals surface area contributed by atoms with Gasteiger partial charge in [-0.3, -0.25) is 0 Å². The molecular formula is C18H29NO. The number of ether oxygens (including phenoxy) is 1. The van der Waals surface area contributed by atoms with Crippen molar-refractivity contribution in [3.63, 3.8) is 0 Å². The van der Waals surface area contributed by atoms with E-state index in [0.717, 1.165) is 13.1 Å². The second-order valence-corrected chi connectivity index (χ2v) is 6.21. The molecule has 2 unspecified atom stereocenters. The van der Waals surface area contributed by atoms with E-state index in [0.29, 0.717) is 12.0 Å². The van der Waals surface area contributed by atoms with Crippen LogP contribution in [0.25, 0.3) is 0 Å². The maximum atomic E-state index is 6.46. The van der Waals surface area contributed by atoms with E-state index in [4.69, 9.17) is 4.74 Å². The summed E-state index contributed by atoms with van der Waals surface area (Å²) in [6, 6.07) is 4.54. The summed E-state index contributed by atoms with van der Waals surface area (Å²) in [5, 5.41) is 3.58. The SMILES string of the molecule is CCC(CC)C1CNCC(c2c(C)cc(C)cc2C)O1. The predicted octanol–water partition coefficient (Wildman–Crippen LogP) is 4.08. The summed E-state index contributed by atoms with van der Waals surface area (Å²) in [6.07, 6.45) is 2.95. The van der Waals surface area contributed by atoms with Crippen LogP contribution in [0.3, 0.4) is 0 Å². The Balaban J connectivity index is 2.21. The van der Waals surface area contributed by atoms with Crippen molar-refractivity contribution in [2.75, 3.05) is 13.1 Å². The van der Waals surface area contributed by atoms with Crippen molar-refractivity contribution < 1.29 is 4.74 Å². The van der Waals surface area contributed by atoms with Gasteiger partial charge in [0.25, 0.3) is 0 Å². The molecule has 0 saturated carbocycles. The number of nitrogens with one attached hydrogen (secondary N) is 1. The van der Waals surface area contributed by atoms with Gasteiger partial charge in [-0.25, -0.2) is 0 Å². The lowest BCUT2D eigenvalue weighted by molar-refractivity contribution is -0.0692. The van der Waals surface area contributed by atoms with Crippen LogP contribution in [-0.2, 0) is 4.74 Å². The maximum absolute atomic E-state index is 6.46. The summed E-state index contributed by atoms with van der Waals surface area (Å²) in [6.45, 7) is 13.0. The third-order valence-electron chi connectivity index (χ3n) is 4.65. The van der Waals surface area contributed by atoms with E-state index in [-0.39, 0.29) is 6.10 Å². The maximum Gasteiger partial charge on any atom is 0.0958 e. The first-order valence-corrected chi connectivity index (χ1v) is 8.00. The normalized spacial score (nSPS) is 23.3. The lowest BCUT2D eigenvalue weighted by atomic mass is 9.92. The summed E-state index contributed by atoms with van der Waals surface area (Å²) in [4.78, 5) is 0. The van der Waals surface area contributed by atoms with Crippen LogP contribution in [0, 0.1) is 26.7 Å². The summed E-state index contributed by atoms with van der Waals surface area (Å²) < 4.78 is 6.46. The van der Waals surface area contributed by atoms with Crippen molar-refractivity contribution in [1.82, 2.24) is 5.32 Å². The lowest BCUT2D eigenvalue weighted by Crippen LogP contribution is -2.44. The van der Waals surface area contributed by atoms with Crippen LogP contribution in [0.4, 0.5) is 0 Å². The van der Waals surface area contributed by atoms with Gasteiger partial charge in [-0.1, -0.05) is 44.4 Å². The summed E-state index contributed by atoms with van der Waals surface area (Å²) in [5.41, 5.74) is 5.45. The lowest BCUT2D eigenvalue weighted by Gasteiger charge is -2.36. The highest BCUT2D eigenvalue weighted by Crippen LogP contribution is 2.31. The van der Waals surface area contributed by atoms with E-state index >= 15 is 0 Å². The monoisotopic (exact) mass is 275 g/mol. The number of aryl methyl sites for hydroxylation is 3. The largest absolute Gasteiger partial charge is 0.367 e. The van der Waals surface area contributed by atoms with E-state index in [1.54, 1.807) is 0 Å². The fourth-order valence-corrected chi connectivity index (χ4v) is 3.63. The minimum absolute atomic E-state index is 0.204. The van der Waals surface area contributed by atoms with Crippen LogP contribution in [-0.4, -0.2) is 19.2 Å². The fourth-order valence-electron chi connectivity index (χ4n) is 3.63. The molecule has 0 bridgehead atoms. The molecule has 2 rings (SSSR count). The molecular weight excluding hydrogens is 246 g/mol. The highest BCUT2D eigenvalue weighted by Gasteiger charge is 2.29. The zero-order valence-corrected chi connectivity index (χ0v) is 13.6. The van der Waals surface area contributed by atoms with E-state index in [2.05, 4.69) is 52.1 Å². The van der Waals surface area contributed by atoms with Crippen molar-refractivity contribution in [2.45, 2.75) is 59.7 Å². The summed E-state index contributed by atoms with van der Waals surface area (Å²) >= 11 is 0. The van der Waals surface area contributed by atoms with Crippen LogP contribution in [0.5, 0.6) is 0 Å². The minimum atomic E-state index is 0.204. The molecule has 0 amide bonds. The Kier molecular flexibility index (Phi) is 5.22. The van der Waals surface area contributed by atoms with Crippen molar-refractivity contribution >= 4 is 0 Å². The number of hydrogen-bond donors (Lipinski definition) is 1. The van der Waals surface area contributed by atoms with Gasteiger partial charge in [0.05, 0.1) is 12.2 Å². The van der Waals surface area contributed by atoms with Crippen molar-refractivity contribution in [2.24, 2.45) is 5.92 Å². The second kappa shape index (κ2) is 6.73. The standard InChI is InChI=1S/C18H29NO/c1-6-15(7-2)16-10-19-11-17(20-16)18-13(4)8-12(3)9-14(18)5/h8-9,15-17,19H,6-7,10-11H2,1-5H3. The molecule has 0 aliphatic carbocycles. The Morgan fingerprint density at radius 2 is 1.70 bits per heavy atom. The van der Waals surface area contributed by atoms with E-state index in [1.165, 1.54) is 35.1 Å². The van der Waals surface area contributed by atoms with Crippen molar-refractivity contribution in [1.29, 1.82) is 0 Å². The first-order chi connectivity index (χ1) is 9.56. The molecule has 1 saturated heterocycles. The van der Waals surface area contributed by atoms with Gasteiger partial charge in [0, 0.05) is 13.1 Å². The first-order valence-electron chi connectivity index (χ1n) is 8.00. The average Bonchev–Trinajstić information content (AvgIpc) is 2.39. The topological polar surface area (TPSA) is 21.3 Å². The number of benzene rings is 1. The van der Waals surface area contributed by atoms with Crippen LogP contribution in [0.2, 0.25) is 0 Å². The van der Waals surface area contributed by atoms with Gasteiger partial charge >= 0.3 is 0 Å². The molecule has 1 fully saturated rings. The first kappa shape index (κ1) is 15.5. The third-order valence-corrected chi connectivity index (χ3v) is 4.65. The second-order valence-electron chi connectivity index (χ2n) is 6.21. The molecule has 1 aliphatic heterocycles. The zero-order valence-electron chi connectivity index (χ0n) is 13.6. The number of hydrogen-bond acceptors (Lipinski definition) is 2. The van der Waals surface area contributed by atoms with Gasteiger partial charge in [0.2, 0.25) is 0 Å². The van der Waals surface area contributed by atoms with Gasteiger partial charge in [0.15, 0.2) is 0 Å². The molecule has 20 heavy (non-hydrogen) atoms. The van der Waals surface area contributed by atoms with Crippen LogP contribution in [0.1, 0.15) is 55.0 Å². The molecule has 0 radical (unpaired) electrons. The van der Waals surface area contributed by atoms with Crippen LogP contribution >= 0.6 is 0 Å². The molecule has 1 aromatic carbocycles. The smallest absolute Gasteiger partial charge is 0.0958 e. The van der Waals surface area contributed by atoms with Gasteiger partial charge in [-0.2, -0.15) is 0 Å². The summed E-state index contributed by atoms with van der Waals surface area (Å²) in [7, 11) is 0. The van der Waals surface area contributed by atoms with Gasteiger partial charge < -0.3 is 10.1 Å². The van der Waals surface area contributed by atoms with Gasteiger partial charge in [0.1, 0.15) is 0 Å². The van der Waals surface area contributed by atoms with Crippen LogP contribution in [0.15, 0.2) is 12.1 Å².